The van der Waals surface area contributed by atoms with E-state index in [4.69, 9.17) is 9.26 Å². The van der Waals surface area contributed by atoms with Gasteiger partial charge in [0.15, 0.2) is 5.76 Å². The lowest BCUT2D eigenvalue weighted by atomic mass is 10.1. The number of benzene rings is 1. The van der Waals surface area contributed by atoms with Gasteiger partial charge >= 0.3 is 5.97 Å². The Morgan fingerprint density at radius 2 is 2.04 bits per heavy atom. The Balaban J connectivity index is 1.74. The van der Waals surface area contributed by atoms with Gasteiger partial charge in [-0.05, 0) is 49.6 Å². The SMILES string of the molecule is CSc1ncccc1C(=O)OCc1noc(-c2ccc(F)cc2)c1C. The zero-order chi connectivity index (χ0) is 17.8. The number of aromatic nitrogens is 2. The van der Waals surface area contributed by atoms with Crippen molar-refractivity contribution >= 4 is 17.7 Å². The van der Waals surface area contributed by atoms with Gasteiger partial charge in [0, 0.05) is 17.3 Å². The molecule has 128 valence electrons. The lowest BCUT2D eigenvalue weighted by molar-refractivity contribution is 0.0458. The summed E-state index contributed by atoms with van der Waals surface area (Å²) in [7, 11) is 0. The van der Waals surface area contributed by atoms with E-state index in [0.717, 1.165) is 5.56 Å². The van der Waals surface area contributed by atoms with E-state index in [2.05, 4.69) is 10.1 Å². The first-order chi connectivity index (χ1) is 12.1. The number of halogens is 1. The maximum atomic E-state index is 13.0. The van der Waals surface area contributed by atoms with Gasteiger partial charge < -0.3 is 9.26 Å². The molecule has 0 saturated carbocycles. The molecule has 0 bridgehead atoms. The predicted octanol–water partition coefficient (Wildman–Crippen LogP) is 4.26. The van der Waals surface area contributed by atoms with E-state index in [-0.39, 0.29) is 12.4 Å². The van der Waals surface area contributed by atoms with Crippen molar-refractivity contribution in [2.24, 2.45) is 0 Å². The number of carbonyl (C=O) groups excluding carboxylic acids is 1. The lowest BCUT2D eigenvalue weighted by Crippen LogP contribution is -2.08. The summed E-state index contributed by atoms with van der Waals surface area (Å²) in [6.45, 7) is 1.80. The monoisotopic (exact) mass is 358 g/mol. The molecule has 0 aliphatic carbocycles. The summed E-state index contributed by atoms with van der Waals surface area (Å²) in [6.07, 6.45) is 3.47. The van der Waals surface area contributed by atoms with Crippen LogP contribution >= 0.6 is 11.8 Å². The first-order valence-electron chi connectivity index (χ1n) is 7.47. The third-order valence-electron chi connectivity index (χ3n) is 3.65. The summed E-state index contributed by atoms with van der Waals surface area (Å²) in [5.74, 6) is -0.267. The van der Waals surface area contributed by atoms with E-state index in [9.17, 15) is 9.18 Å². The number of rotatable bonds is 5. The Kier molecular flexibility index (Phi) is 5.14. The summed E-state index contributed by atoms with van der Waals surface area (Å²) in [4.78, 5) is 16.4. The zero-order valence-electron chi connectivity index (χ0n) is 13.7. The molecule has 5 nitrogen and oxygen atoms in total. The second-order valence-corrected chi connectivity index (χ2v) is 6.02. The molecule has 7 heteroatoms. The Morgan fingerprint density at radius 1 is 1.28 bits per heavy atom. The molecule has 0 aliphatic heterocycles. The molecular weight excluding hydrogens is 343 g/mol. The highest BCUT2D eigenvalue weighted by Crippen LogP contribution is 2.26. The summed E-state index contributed by atoms with van der Waals surface area (Å²) in [5, 5.41) is 4.56. The molecule has 0 radical (unpaired) electrons. The molecule has 0 saturated heterocycles. The van der Waals surface area contributed by atoms with Gasteiger partial charge in [-0.3, -0.25) is 0 Å². The molecule has 0 aliphatic rings. The highest BCUT2D eigenvalue weighted by atomic mass is 32.2. The van der Waals surface area contributed by atoms with E-state index >= 15 is 0 Å². The number of nitrogens with zero attached hydrogens (tertiary/aromatic N) is 2. The molecule has 0 spiro atoms. The Morgan fingerprint density at radius 3 is 2.76 bits per heavy atom. The number of pyridine rings is 1. The molecule has 2 aromatic heterocycles. The maximum Gasteiger partial charge on any atom is 0.341 e. The summed E-state index contributed by atoms with van der Waals surface area (Å²) < 4.78 is 23.7. The van der Waals surface area contributed by atoms with Crippen LogP contribution < -0.4 is 0 Å². The van der Waals surface area contributed by atoms with Gasteiger partial charge in [0.1, 0.15) is 23.1 Å². The van der Waals surface area contributed by atoms with Crippen LogP contribution in [0.15, 0.2) is 52.1 Å². The molecule has 2 heterocycles. The highest BCUT2D eigenvalue weighted by molar-refractivity contribution is 7.98. The molecule has 1 aromatic carbocycles. The van der Waals surface area contributed by atoms with Crippen molar-refractivity contribution in [3.63, 3.8) is 0 Å². The molecule has 3 aromatic rings. The number of carbonyl (C=O) groups is 1. The second kappa shape index (κ2) is 7.48. The van der Waals surface area contributed by atoms with Crippen LogP contribution in [0.4, 0.5) is 4.39 Å². The fourth-order valence-corrected chi connectivity index (χ4v) is 2.83. The van der Waals surface area contributed by atoms with E-state index in [1.807, 2.05) is 13.2 Å². The lowest BCUT2D eigenvalue weighted by Gasteiger charge is -2.06. The molecule has 0 atom stereocenters. The number of esters is 1. The average molecular weight is 358 g/mol. The smallest absolute Gasteiger partial charge is 0.341 e. The van der Waals surface area contributed by atoms with Crippen molar-refractivity contribution in [1.29, 1.82) is 0 Å². The van der Waals surface area contributed by atoms with E-state index in [1.54, 1.807) is 30.5 Å². The third-order valence-corrected chi connectivity index (χ3v) is 4.36. The van der Waals surface area contributed by atoms with Crippen LogP contribution in [0.1, 0.15) is 21.6 Å². The maximum absolute atomic E-state index is 13.0. The minimum Gasteiger partial charge on any atom is -0.455 e. The van der Waals surface area contributed by atoms with Crippen LogP contribution in [0.25, 0.3) is 11.3 Å². The van der Waals surface area contributed by atoms with Crippen molar-refractivity contribution in [2.45, 2.75) is 18.6 Å². The van der Waals surface area contributed by atoms with Gasteiger partial charge in [0.2, 0.25) is 0 Å². The first kappa shape index (κ1) is 17.2. The van der Waals surface area contributed by atoms with Crippen LogP contribution in [-0.2, 0) is 11.3 Å². The van der Waals surface area contributed by atoms with Crippen molar-refractivity contribution in [1.82, 2.24) is 10.1 Å². The molecule has 0 N–H and O–H groups in total. The summed E-state index contributed by atoms with van der Waals surface area (Å²) in [6, 6.07) is 9.27. The number of thioether (sulfide) groups is 1. The Bertz CT molecular complexity index is 894. The first-order valence-corrected chi connectivity index (χ1v) is 8.70. The van der Waals surface area contributed by atoms with E-state index in [0.29, 0.717) is 27.6 Å². The van der Waals surface area contributed by atoms with Gasteiger partial charge in [-0.15, -0.1) is 11.8 Å². The van der Waals surface area contributed by atoms with Crippen molar-refractivity contribution in [2.75, 3.05) is 6.26 Å². The van der Waals surface area contributed by atoms with Crippen LogP contribution in [0.3, 0.4) is 0 Å². The quantitative estimate of drug-likeness (QED) is 0.501. The van der Waals surface area contributed by atoms with Gasteiger partial charge in [-0.2, -0.15) is 0 Å². The zero-order valence-corrected chi connectivity index (χ0v) is 14.5. The van der Waals surface area contributed by atoms with Crippen LogP contribution in [0.5, 0.6) is 0 Å². The van der Waals surface area contributed by atoms with Crippen molar-refractivity contribution < 1.29 is 18.4 Å². The fraction of sp³-hybridized carbons (Fsp3) is 0.167. The summed E-state index contributed by atoms with van der Waals surface area (Å²) >= 11 is 1.37. The summed E-state index contributed by atoms with van der Waals surface area (Å²) in [5.41, 5.74) is 2.38. The van der Waals surface area contributed by atoms with Gasteiger partial charge in [0.05, 0.1) is 5.56 Å². The van der Waals surface area contributed by atoms with Crippen LogP contribution in [0.2, 0.25) is 0 Å². The van der Waals surface area contributed by atoms with Crippen molar-refractivity contribution in [3.05, 3.63) is 65.2 Å². The Hall–Kier alpha value is -2.67. The fourth-order valence-electron chi connectivity index (χ4n) is 2.29. The van der Waals surface area contributed by atoms with Crippen LogP contribution in [0, 0.1) is 12.7 Å². The Labute approximate surface area is 148 Å². The van der Waals surface area contributed by atoms with E-state index in [1.165, 1.54) is 23.9 Å². The predicted molar refractivity (Wildman–Crippen MR) is 91.8 cm³/mol. The number of ether oxygens (including phenoxy) is 1. The molecule has 0 amide bonds. The molecule has 0 fully saturated rings. The minimum absolute atomic E-state index is 0.0158. The van der Waals surface area contributed by atoms with Crippen molar-refractivity contribution in [3.8, 4) is 11.3 Å². The normalized spacial score (nSPS) is 10.7. The second-order valence-electron chi connectivity index (χ2n) is 5.23. The standard InChI is InChI=1S/C18H15FN2O3S/c1-11-15(21-24-16(11)12-5-7-13(19)8-6-12)10-23-18(22)14-4-3-9-20-17(14)25-2/h3-9H,10H2,1-2H3. The number of hydrogen-bond acceptors (Lipinski definition) is 6. The highest BCUT2D eigenvalue weighted by Gasteiger charge is 2.18. The van der Waals surface area contributed by atoms with E-state index < -0.39 is 5.97 Å². The van der Waals surface area contributed by atoms with Crippen LogP contribution in [-0.4, -0.2) is 22.4 Å². The molecule has 0 unspecified atom stereocenters. The molecule has 3 rings (SSSR count). The largest absolute Gasteiger partial charge is 0.455 e. The molecule has 25 heavy (non-hydrogen) atoms. The van der Waals surface area contributed by atoms with Gasteiger partial charge in [0.25, 0.3) is 0 Å². The topological polar surface area (TPSA) is 65.2 Å². The number of hydrogen-bond donors (Lipinski definition) is 0. The molecular formula is C18H15FN2O3S. The third kappa shape index (κ3) is 3.71. The minimum atomic E-state index is -0.469. The average Bonchev–Trinajstić information content (AvgIpc) is 3.01. The van der Waals surface area contributed by atoms with Gasteiger partial charge in [-0.1, -0.05) is 5.16 Å². The van der Waals surface area contributed by atoms with Gasteiger partial charge in [-0.25, -0.2) is 14.2 Å².